The predicted molar refractivity (Wildman–Crippen MR) is 22.6 cm³/mol. The number of ether oxygens (including phenoxy) is 1. The smallest absolute Gasteiger partial charge is 0.238 e. The van der Waals surface area contributed by atoms with E-state index in [1.165, 1.54) is 0 Å². The topological polar surface area (TPSA) is 30.5 Å². The molecule has 0 aliphatic carbocycles. The average Bonchev–Trinajstić information content (AvgIpc) is 2.14. The molecule has 1 aliphatic heterocycles. The third-order valence-corrected chi connectivity index (χ3v) is 0.620. The fourth-order valence-electron chi connectivity index (χ4n) is 0.293. The third kappa shape index (κ3) is 0.838. The first-order valence-corrected chi connectivity index (χ1v) is 1.85. The third-order valence-electron chi connectivity index (χ3n) is 0.620. The van der Waals surface area contributed by atoms with Gasteiger partial charge >= 0.3 is 0 Å². The highest BCUT2D eigenvalue weighted by Crippen LogP contribution is 2.03. The summed E-state index contributed by atoms with van der Waals surface area (Å²) in [6.07, 6.45) is 1.57. The molecule has 2 radical (unpaired) electrons. The summed E-state index contributed by atoms with van der Waals surface area (Å²) >= 11 is 0. The maximum Gasteiger partial charge on any atom is 0.238 e. The highest BCUT2D eigenvalue weighted by atomic mass is 16.7. The standard InChI is InChI=1S/C4H5NO2/c1-6-4-2-5-7-3-4/h2,5H,1H3. The van der Waals surface area contributed by atoms with Crippen molar-refractivity contribution in [2.24, 2.45) is 0 Å². The molecule has 0 aromatic rings. The van der Waals surface area contributed by atoms with Gasteiger partial charge in [-0.3, -0.25) is 10.3 Å². The first-order valence-electron chi connectivity index (χ1n) is 1.85. The van der Waals surface area contributed by atoms with E-state index in [2.05, 4.69) is 21.7 Å². The Morgan fingerprint density at radius 1 is 2.00 bits per heavy atom. The number of hydrogen-bond donors (Lipinski definition) is 1. The van der Waals surface area contributed by atoms with Crippen LogP contribution in [0.4, 0.5) is 0 Å². The lowest BCUT2D eigenvalue weighted by Crippen LogP contribution is -1.93. The van der Waals surface area contributed by atoms with Gasteiger partial charge < -0.3 is 4.74 Å². The lowest BCUT2D eigenvalue weighted by atomic mass is 10.6. The summed E-state index contributed by atoms with van der Waals surface area (Å²) in [7, 11) is 1.55. The maximum atomic E-state index is 4.67. The van der Waals surface area contributed by atoms with E-state index in [1.54, 1.807) is 13.3 Å². The van der Waals surface area contributed by atoms with Crippen molar-refractivity contribution in [3.63, 3.8) is 0 Å². The van der Waals surface area contributed by atoms with Crippen molar-refractivity contribution < 1.29 is 9.57 Å². The Bertz CT molecular complexity index is 89.7. The zero-order valence-electron chi connectivity index (χ0n) is 3.89. The van der Waals surface area contributed by atoms with Gasteiger partial charge in [0, 0.05) is 0 Å². The summed E-state index contributed by atoms with van der Waals surface area (Å²) < 4.78 is 4.67. The van der Waals surface area contributed by atoms with Crippen LogP contribution in [-0.4, -0.2) is 7.11 Å². The predicted octanol–water partition coefficient (Wildman–Crippen LogP) is 0.0478. The molecule has 3 nitrogen and oxygen atoms in total. The van der Waals surface area contributed by atoms with E-state index in [0.717, 1.165) is 0 Å². The zero-order valence-corrected chi connectivity index (χ0v) is 3.89. The van der Waals surface area contributed by atoms with Gasteiger partial charge in [0.05, 0.1) is 13.3 Å². The van der Waals surface area contributed by atoms with Crippen molar-refractivity contribution in [1.29, 1.82) is 0 Å². The van der Waals surface area contributed by atoms with E-state index in [1.807, 2.05) is 0 Å². The first kappa shape index (κ1) is 4.46. The number of nitrogens with one attached hydrogen (secondary N) is 1. The lowest BCUT2D eigenvalue weighted by molar-refractivity contribution is 0.147. The van der Waals surface area contributed by atoms with Crippen molar-refractivity contribution >= 4 is 0 Å². The van der Waals surface area contributed by atoms with Crippen LogP contribution in [0.2, 0.25) is 0 Å². The van der Waals surface area contributed by atoms with Crippen molar-refractivity contribution in [3.8, 4) is 0 Å². The van der Waals surface area contributed by atoms with Gasteiger partial charge in [-0.05, 0) is 0 Å². The van der Waals surface area contributed by atoms with E-state index < -0.39 is 0 Å². The molecule has 1 N–H and O–H groups in total. The number of methoxy groups -OCH3 is 1. The second-order valence-corrected chi connectivity index (χ2v) is 1.03. The van der Waals surface area contributed by atoms with Crippen LogP contribution in [-0.2, 0) is 9.57 Å². The zero-order chi connectivity index (χ0) is 5.11. The Morgan fingerprint density at radius 2 is 2.86 bits per heavy atom. The Morgan fingerprint density at radius 3 is 3.14 bits per heavy atom. The molecule has 0 saturated heterocycles. The Hall–Kier alpha value is -0.700. The molecule has 0 atom stereocenters. The van der Waals surface area contributed by atoms with Crippen LogP contribution < -0.4 is 5.48 Å². The molecule has 0 fully saturated rings. The maximum absolute atomic E-state index is 4.67. The molecule has 38 valence electrons. The molecule has 1 heterocycles. The molecule has 0 saturated carbocycles. The summed E-state index contributed by atoms with van der Waals surface area (Å²) in [5.74, 6) is 0.583. The van der Waals surface area contributed by atoms with E-state index >= 15 is 0 Å². The molecule has 0 unspecified atom stereocenters. The molecular weight excluding hydrogens is 94.0 g/mol. The van der Waals surface area contributed by atoms with Crippen LogP contribution in [0.3, 0.4) is 0 Å². The molecule has 0 bridgehead atoms. The number of hydroxylamine groups is 1. The monoisotopic (exact) mass is 99.0 g/mol. The molecular formula is C4H5NO2. The van der Waals surface area contributed by atoms with E-state index in [9.17, 15) is 0 Å². The molecule has 0 aromatic carbocycles. The van der Waals surface area contributed by atoms with Crippen LogP contribution >= 0.6 is 0 Å². The van der Waals surface area contributed by atoms with Gasteiger partial charge in [0.1, 0.15) is 0 Å². The van der Waals surface area contributed by atoms with Crippen molar-refractivity contribution in [2.75, 3.05) is 7.11 Å². The van der Waals surface area contributed by atoms with Crippen LogP contribution in [0.15, 0.2) is 12.0 Å². The van der Waals surface area contributed by atoms with Crippen LogP contribution in [0.5, 0.6) is 0 Å². The number of rotatable bonds is 1. The fourth-order valence-corrected chi connectivity index (χ4v) is 0.293. The normalized spacial score (nSPS) is 18.1. The van der Waals surface area contributed by atoms with Crippen LogP contribution in [0.25, 0.3) is 0 Å². The molecule has 7 heavy (non-hydrogen) atoms. The van der Waals surface area contributed by atoms with Gasteiger partial charge in [-0.1, -0.05) is 0 Å². The summed E-state index contributed by atoms with van der Waals surface area (Å²) in [4.78, 5) is 4.43. The highest BCUT2D eigenvalue weighted by molar-refractivity contribution is 5.01. The van der Waals surface area contributed by atoms with Crippen LogP contribution in [0.1, 0.15) is 0 Å². The summed E-state index contributed by atoms with van der Waals surface area (Å²) in [6, 6.07) is 0. The minimum absolute atomic E-state index is 0.583. The lowest BCUT2D eigenvalue weighted by Gasteiger charge is -1.89. The fraction of sp³-hybridized carbons (Fsp3) is 0.250. The SMILES string of the molecule is COC1=CNO[C]1. The largest absolute Gasteiger partial charge is 0.496 e. The van der Waals surface area contributed by atoms with Gasteiger partial charge in [0.25, 0.3) is 0 Å². The minimum atomic E-state index is 0.583. The van der Waals surface area contributed by atoms with Gasteiger partial charge in [-0.15, -0.1) is 0 Å². The second kappa shape index (κ2) is 1.84. The Kier molecular flexibility index (Phi) is 1.17. The molecule has 3 heteroatoms. The Balaban J connectivity index is 2.36. The van der Waals surface area contributed by atoms with E-state index in [-0.39, 0.29) is 0 Å². The van der Waals surface area contributed by atoms with Crippen molar-refractivity contribution in [1.82, 2.24) is 5.48 Å². The second-order valence-electron chi connectivity index (χ2n) is 1.03. The summed E-state index contributed by atoms with van der Waals surface area (Å²) in [5.41, 5.74) is 2.43. The molecule has 1 rings (SSSR count). The quantitative estimate of drug-likeness (QED) is 0.503. The highest BCUT2D eigenvalue weighted by Gasteiger charge is 2.03. The summed E-state index contributed by atoms with van der Waals surface area (Å²) in [6.45, 7) is 2.43. The minimum Gasteiger partial charge on any atom is -0.496 e. The van der Waals surface area contributed by atoms with Gasteiger partial charge in [0.15, 0.2) is 5.76 Å². The van der Waals surface area contributed by atoms with Gasteiger partial charge in [-0.2, -0.15) is 0 Å². The average molecular weight is 99.1 g/mol. The molecule has 0 aromatic heterocycles. The first-order chi connectivity index (χ1) is 3.43. The van der Waals surface area contributed by atoms with Crippen molar-refractivity contribution in [3.05, 3.63) is 18.6 Å². The molecule has 0 amide bonds. The van der Waals surface area contributed by atoms with E-state index in [4.69, 9.17) is 0 Å². The Labute approximate surface area is 41.9 Å². The molecule has 1 aliphatic rings. The van der Waals surface area contributed by atoms with Crippen LogP contribution in [0, 0.1) is 6.61 Å². The molecule has 0 spiro atoms. The summed E-state index contributed by atoms with van der Waals surface area (Å²) in [5, 5.41) is 0. The number of hydrogen-bond acceptors (Lipinski definition) is 3. The van der Waals surface area contributed by atoms with Crippen molar-refractivity contribution in [2.45, 2.75) is 0 Å². The van der Waals surface area contributed by atoms with Gasteiger partial charge in [-0.25, -0.2) is 0 Å². The van der Waals surface area contributed by atoms with Gasteiger partial charge in [0.2, 0.25) is 6.61 Å². The van der Waals surface area contributed by atoms with E-state index in [0.29, 0.717) is 5.76 Å².